The van der Waals surface area contributed by atoms with Crippen molar-refractivity contribution in [2.45, 2.75) is 13.8 Å². The summed E-state index contributed by atoms with van der Waals surface area (Å²) in [4.78, 5) is 16.0. The number of nitrogens with zero attached hydrogens (tertiary/aromatic N) is 2. The molecule has 0 aliphatic heterocycles. The van der Waals surface area contributed by atoms with E-state index in [-0.39, 0.29) is 11.6 Å². The van der Waals surface area contributed by atoms with Gasteiger partial charge in [-0.3, -0.25) is 4.79 Å². The lowest BCUT2D eigenvalue weighted by molar-refractivity contribution is 0.102. The van der Waals surface area contributed by atoms with E-state index in [0.29, 0.717) is 5.56 Å². The molecule has 0 saturated carbocycles. The lowest BCUT2D eigenvalue weighted by Crippen LogP contribution is -2.13. The van der Waals surface area contributed by atoms with Gasteiger partial charge in [-0.25, -0.2) is 4.98 Å². The zero-order valence-corrected chi connectivity index (χ0v) is 12.7. The summed E-state index contributed by atoms with van der Waals surface area (Å²) in [7, 11) is 0. The maximum Gasteiger partial charge on any atom is 0.274 e. The molecule has 100 valence electrons. The maximum atomic E-state index is 12.1. The first-order chi connectivity index (χ1) is 9.51. The molecule has 5 heteroatoms. The van der Waals surface area contributed by atoms with Gasteiger partial charge in [0, 0.05) is 16.4 Å². The SMILES string of the molecule is Cc1cc(NC(=O)c2ccc(C#N)cn2)cc(C)c1Br. The van der Waals surface area contributed by atoms with E-state index in [2.05, 4.69) is 26.2 Å². The van der Waals surface area contributed by atoms with E-state index in [9.17, 15) is 4.79 Å². The van der Waals surface area contributed by atoms with Gasteiger partial charge in [-0.15, -0.1) is 0 Å². The summed E-state index contributed by atoms with van der Waals surface area (Å²) >= 11 is 3.48. The number of carbonyl (C=O) groups is 1. The number of rotatable bonds is 2. The van der Waals surface area contributed by atoms with Gasteiger partial charge in [0.15, 0.2) is 0 Å². The van der Waals surface area contributed by atoms with Crippen molar-refractivity contribution in [1.82, 2.24) is 4.98 Å². The first kappa shape index (κ1) is 14.2. The van der Waals surface area contributed by atoms with Crippen LogP contribution in [0.15, 0.2) is 34.9 Å². The fraction of sp³-hybridized carbons (Fsp3) is 0.133. The Morgan fingerprint density at radius 1 is 1.30 bits per heavy atom. The van der Waals surface area contributed by atoms with E-state index >= 15 is 0 Å². The van der Waals surface area contributed by atoms with E-state index in [1.54, 1.807) is 6.07 Å². The Morgan fingerprint density at radius 2 is 1.95 bits per heavy atom. The highest BCUT2D eigenvalue weighted by atomic mass is 79.9. The number of aryl methyl sites for hydroxylation is 2. The highest BCUT2D eigenvalue weighted by Gasteiger charge is 2.09. The van der Waals surface area contributed by atoms with Crippen molar-refractivity contribution in [3.05, 3.63) is 57.3 Å². The predicted molar refractivity (Wildman–Crippen MR) is 80.5 cm³/mol. The third kappa shape index (κ3) is 3.03. The molecule has 0 saturated heterocycles. The average molecular weight is 330 g/mol. The second-order valence-electron chi connectivity index (χ2n) is 4.42. The third-order valence-corrected chi connectivity index (χ3v) is 4.07. The van der Waals surface area contributed by atoms with E-state index in [0.717, 1.165) is 21.3 Å². The Bertz CT molecular complexity index is 679. The minimum absolute atomic E-state index is 0.280. The van der Waals surface area contributed by atoms with Crippen LogP contribution in [-0.4, -0.2) is 10.9 Å². The molecular weight excluding hydrogens is 318 g/mol. The summed E-state index contributed by atoms with van der Waals surface area (Å²) in [5.74, 6) is -0.296. The first-order valence-corrected chi connectivity index (χ1v) is 6.75. The van der Waals surface area contributed by atoms with Gasteiger partial charge in [-0.1, -0.05) is 15.9 Å². The monoisotopic (exact) mass is 329 g/mol. The summed E-state index contributed by atoms with van der Waals surface area (Å²) in [5.41, 5.74) is 3.53. The topological polar surface area (TPSA) is 65.8 Å². The van der Waals surface area contributed by atoms with E-state index < -0.39 is 0 Å². The Balaban J connectivity index is 2.21. The highest BCUT2D eigenvalue weighted by molar-refractivity contribution is 9.10. The molecule has 1 heterocycles. The Kier molecular flexibility index (Phi) is 4.16. The van der Waals surface area contributed by atoms with Crippen LogP contribution in [-0.2, 0) is 0 Å². The van der Waals surface area contributed by atoms with Gasteiger partial charge in [0.25, 0.3) is 5.91 Å². The van der Waals surface area contributed by atoms with Gasteiger partial charge in [0.1, 0.15) is 11.8 Å². The van der Waals surface area contributed by atoms with Crippen molar-refractivity contribution in [1.29, 1.82) is 5.26 Å². The van der Waals surface area contributed by atoms with Crippen molar-refractivity contribution in [2.75, 3.05) is 5.32 Å². The molecule has 2 rings (SSSR count). The zero-order chi connectivity index (χ0) is 14.7. The molecule has 0 unspecified atom stereocenters. The van der Waals surface area contributed by atoms with Crippen LogP contribution in [0.2, 0.25) is 0 Å². The van der Waals surface area contributed by atoms with Crippen LogP contribution in [0, 0.1) is 25.2 Å². The number of carbonyl (C=O) groups excluding carboxylic acids is 1. The van der Waals surface area contributed by atoms with Crippen molar-refractivity contribution >= 4 is 27.5 Å². The van der Waals surface area contributed by atoms with E-state index in [1.165, 1.54) is 12.3 Å². The number of pyridine rings is 1. The Hall–Kier alpha value is -2.19. The van der Waals surface area contributed by atoms with Gasteiger partial charge < -0.3 is 5.32 Å². The molecule has 0 aliphatic rings. The van der Waals surface area contributed by atoms with Crippen LogP contribution >= 0.6 is 15.9 Å². The van der Waals surface area contributed by atoms with Crippen molar-refractivity contribution < 1.29 is 4.79 Å². The molecule has 0 atom stereocenters. The molecule has 2 aromatic rings. The molecule has 0 radical (unpaired) electrons. The second-order valence-corrected chi connectivity index (χ2v) is 5.22. The second kappa shape index (κ2) is 5.85. The molecule has 4 nitrogen and oxygen atoms in total. The molecule has 1 amide bonds. The molecule has 0 spiro atoms. The summed E-state index contributed by atoms with van der Waals surface area (Å²) in [5, 5.41) is 11.5. The number of halogens is 1. The summed E-state index contributed by atoms with van der Waals surface area (Å²) < 4.78 is 1.03. The third-order valence-electron chi connectivity index (χ3n) is 2.82. The number of hydrogen-bond donors (Lipinski definition) is 1. The van der Waals surface area contributed by atoms with E-state index in [1.807, 2.05) is 32.0 Å². The summed E-state index contributed by atoms with van der Waals surface area (Å²) in [6.45, 7) is 3.93. The maximum absolute atomic E-state index is 12.1. The van der Waals surface area contributed by atoms with Crippen molar-refractivity contribution in [3.8, 4) is 6.07 Å². The molecule has 1 N–H and O–H groups in total. The zero-order valence-electron chi connectivity index (χ0n) is 11.1. The number of benzene rings is 1. The minimum atomic E-state index is -0.296. The Morgan fingerprint density at radius 3 is 2.45 bits per heavy atom. The lowest BCUT2D eigenvalue weighted by atomic mass is 10.1. The van der Waals surface area contributed by atoms with Crippen LogP contribution in [0.3, 0.4) is 0 Å². The number of nitriles is 1. The molecule has 0 aliphatic carbocycles. The normalized spacial score (nSPS) is 9.90. The lowest BCUT2D eigenvalue weighted by Gasteiger charge is -2.09. The fourth-order valence-corrected chi connectivity index (χ4v) is 2.04. The number of amides is 1. The Labute approximate surface area is 125 Å². The van der Waals surface area contributed by atoms with Crippen LogP contribution < -0.4 is 5.32 Å². The van der Waals surface area contributed by atoms with Crippen LogP contribution in [0.5, 0.6) is 0 Å². The quantitative estimate of drug-likeness (QED) is 0.915. The fourth-order valence-electron chi connectivity index (χ4n) is 1.81. The molecular formula is C15H12BrN3O. The van der Waals surface area contributed by atoms with Crippen LogP contribution in [0.4, 0.5) is 5.69 Å². The highest BCUT2D eigenvalue weighted by Crippen LogP contribution is 2.25. The van der Waals surface area contributed by atoms with Gasteiger partial charge in [-0.2, -0.15) is 5.26 Å². The predicted octanol–water partition coefficient (Wildman–Crippen LogP) is 3.58. The first-order valence-electron chi connectivity index (χ1n) is 5.95. The summed E-state index contributed by atoms with van der Waals surface area (Å²) in [6, 6.07) is 8.84. The van der Waals surface area contributed by atoms with Gasteiger partial charge in [0.05, 0.1) is 5.56 Å². The van der Waals surface area contributed by atoms with Crippen LogP contribution in [0.1, 0.15) is 27.2 Å². The largest absolute Gasteiger partial charge is 0.321 e. The van der Waals surface area contributed by atoms with Gasteiger partial charge in [0.2, 0.25) is 0 Å². The molecule has 0 bridgehead atoms. The summed E-state index contributed by atoms with van der Waals surface area (Å²) in [6.07, 6.45) is 1.38. The van der Waals surface area contributed by atoms with Gasteiger partial charge in [-0.05, 0) is 49.2 Å². The smallest absolute Gasteiger partial charge is 0.274 e. The molecule has 1 aromatic carbocycles. The average Bonchev–Trinajstić information content (AvgIpc) is 2.44. The number of nitrogens with one attached hydrogen (secondary N) is 1. The molecule has 20 heavy (non-hydrogen) atoms. The minimum Gasteiger partial charge on any atom is -0.321 e. The van der Waals surface area contributed by atoms with Gasteiger partial charge >= 0.3 is 0 Å². The van der Waals surface area contributed by atoms with E-state index in [4.69, 9.17) is 5.26 Å². The van der Waals surface area contributed by atoms with Crippen LogP contribution in [0.25, 0.3) is 0 Å². The standard InChI is InChI=1S/C15H12BrN3O/c1-9-5-12(6-10(2)14(9)16)19-15(20)13-4-3-11(7-17)8-18-13/h3-6,8H,1-2H3,(H,19,20). The number of aromatic nitrogens is 1. The number of hydrogen-bond acceptors (Lipinski definition) is 3. The van der Waals surface area contributed by atoms with Crippen molar-refractivity contribution in [3.63, 3.8) is 0 Å². The number of anilines is 1. The molecule has 0 fully saturated rings. The van der Waals surface area contributed by atoms with Crippen molar-refractivity contribution in [2.24, 2.45) is 0 Å². The molecule has 1 aromatic heterocycles.